The second-order valence-corrected chi connectivity index (χ2v) is 11.2. The van der Waals surface area contributed by atoms with Gasteiger partial charge in [-0.05, 0) is 41.7 Å². The number of anilines is 1. The van der Waals surface area contributed by atoms with Gasteiger partial charge >= 0.3 is 0 Å². The zero-order valence-corrected chi connectivity index (χ0v) is 21.6. The van der Waals surface area contributed by atoms with E-state index in [1.165, 1.54) is 9.87 Å². The molecular formula is C25H32N4O5S. The molecule has 0 aliphatic rings. The summed E-state index contributed by atoms with van der Waals surface area (Å²) in [6, 6.07) is 14.7. The van der Waals surface area contributed by atoms with Crippen molar-refractivity contribution in [3.63, 3.8) is 0 Å². The number of carbonyl (C=O) groups excluding carboxylic acids is 1. The number of sulfonamides is 1. The summed E-state index contributed by atoms with van der Waals surface area (Å²) < 4.78 is 36.1. The Morgan fingerprint density at radius 3 is 2.31 bits per heavy atom. The number of nitrogens with zero attached hydrogens (tertiary/aromatic N) is 3. The van der Waals surface area contributed by atoms with Gasteiger partial charge in [0.2, 0.25) is 27.6 Å². The Labute approximate surface area is 206 Å². The molecule has 1 N–H and O–H groups in total. The van der Waals surface area contributed by atoms with Crippen molar-refractivity contribution in [3.05, 3.63) is 60.0 Å². The summed E-state index contributed by atoms with van der Waals surface area (Å²) in [5, 5.41) is 6.74. The van der Waals surface area contributed by atoms with E-state index in [0.29, 0.717) is 29.6 Å². The van der Waals surface area contributed by atoms with Crippen LogP contribution in [0.5, 0.6) is 5.75 Å². The molecule has 0 saturated carbocycles. The molecule has 1 amide bonds. The molecule has 188 valence electrons. The lowest BCUT2D eigenvalue weighted by Gasteiger charge is -2.22. The summed E-state index contributed by atoms with van der Waals surface area (Å²) in [5.74, 6) is 1.15. The monoisotopic (exact) mass is 500 g/mol. The van der Waals surface area contributed by atoms with E-state index in [2.05, 4.69) is 36.2 Å². The molecule has 9 nitrogen and oxygen atoms in total. The first-order valence-corrected chi connectivity index (χ1v) is 13.1. The average molecular weight is 501 g/mol. The number of nitrogens with one attached hydrogen (secondary N) is 1. The van der Waals surface area contributed by atoms with E-state index in [-0.39, 0.29) is 30.8 Å². The van der Waals surface area contributed by atoms with E-state index in [1.54, 1.807) is 31.4 Å². The van der Waals surface area contributed by atoms with Crippen LogP contribution in [0.1, 0.15) is 45.1 Å². The van der Waals surface area contributed by atoms with Crippen molar-refractivity contribution in [3.8, 4) is 17.1 Å². The quantitative estimate of drug-likeness (QED) is 0.449. The Morgan fingerprint density at radius 1 is 1.09 bits per heavy atom. The molecule has 0 spiro atoms. The summed E-state index contributed by atoms with van der Waals surface area (Å²) in [5.41, 5.74) is 2.61. The minimum absolute atomic E-state index is 0.0538. The lowest BCUT2D eigenvalue weighted by molar-refractivity contribution is -0.121. The number of benzene rings is 2. The predicted octanol–water partition coefficient (Wildman–Crippen LogP) is 3.91. The first-order valence-electron chi connectivity index (χ1n) is 11.3. The highest BCUT2D eigenvalue weighted by Crippen LogP contribution is 2.25. The predicted molar refractivity (Wildman–Crippen MR) is 135 cm³/mol. The SMILES string of the molecule is COc1ccc(N(CCCC(=O)NCc2nc(-c3ccc(C(C)(C)C)cc3)no2)S(C)(=O)=O)cc1. The average Bonchev–Trinajstić information content (AvgIpc) is 3.28. The van der Waals surface area contributed by atoms with Crippen molar-refractivity contribution in [2.45, 2.75) is 45.6 Å². The molecule has 3 aromatic rings. The third kappa shape index (κ3) is 7.29. The third-order valence-electron chi connectivity index (χ3n) is 5.44. The van der Waals surface area contributed by atoms with Gasteiger partial charge in [-0.3, -0.25) is 9.10 Å². The van der Waals surface area contributed by atoms with Crippen molar-refractivity contribution in [1.29, 1.82) is 0 Å². The molecule has 0 fully saturated rings. The Kier molecular flexibility index (Phi) is 8.16. The zero-order chi connectivity index (χ0) is 25.6. The number of hydrogen-bond acceptors (Lipinski definition) is 7. The summed E-state index contributed by atoms with van der Waals surface area (Å²) >= 11 is 0. The lowest BCUT2D eigenvalue weighted by atomic mass is 9.87. The van der Waals surface area contributed by atoms with Crippen molar-refractivity contribution >= 4 is 21.6 Å². The van der Waals surface area contributed by atoms with Gasteiger partial charge in [-0.1, -0.05) is 50.2 Å². The van der Waals surface area contributed by atoms with E-state index in [1.807, 2.05) is 24.3 Å². The van der Waals surface area contributed by atoms with Crippen LogP contribution in [-0.4, -0.2) is 44.4 Å². The molecule has 1 aromatic heterocycles. The summed E-state index contributed by atoms with van der Waals surface area (Å²) in [6.07, 6.45) is 1.64. The molecule has 3 rings (SSSR count). The molecular weight excluding hydrogens is 468 g/mol. The standard InChI is InChI=1S/C25H32N4O5S/c1-25(2,3)19-10-8-18(9-11-19)24-27-23(34-28-24)17-26-22(30)7-6-16-29(35(5,31)32)20-12-14-21(33-4)15-13-20/h8-15H,6-7,16-17H2,1-5H3,(H,26,30). The van der Waals surface area contributed by atoms with Gasteiger partial charge in [-0.15, -0.1) is 0 Å². The Balaban J connectivity index is 1.51. The van der Waals surface area contributed by atoms with Crippen molar-refractivity contribution < 1.29 is 22.5 Å². The first-order chi connectivity index (χ1) is 16.5. The van der Waals surface area contributed by atoms with Gasteiger partial charge in [-0.25, -0.2) is 8.42 Å². The Hall–Kier alpha value is -3.40. The molecule has 0 aliphatic carbocycles. The molecule has 1 heterocycles. The topological polar surface area (TPSA) is 115 Å². The van der Waals surface area contributed by atoms with Crippen LogP contribution in [0.25, 0.3) is 11.4 Å². The van der Waals surface area contributed by atoms with E-state index in [4.69, 9.17) is 9.26 Å². The number of aromatic nitrogens is 2. The van der Waals surface area contributed by atoms with E-state index in [9.17, 15) is 13.2 Å². The maximum atomic E-state index is 12.3. The second kappa shape index (κ2) is 10.9. The van der Waals surface area contributed by atoms with E-state index >= 15 is 0 Å². The number of ether oxygens (including phenoxy) is 1. The van der Waals surface area contributed by atoms with Crippen LogP contribution in [0.2, 0.25) is 0 Å². The highest BCUT2D eigenvalue weighted by Gasteiger charge is 2.18. The number of carbonyl (C=O) groups is 1. The van der Waals surface area contributed by atoms with Crippen LogP contribution >= 0.6 is 0 Å². The van der Waals surface area contributed by atoms with Crippen molar-refractivity contribution in [1.82, 2.24) is 15.5 Å². The lowest BCUT2D eigenvalue weighted by Crippen LogP contribution is -2.32. The van der Waals surface area contributed by atoms with Gasteiger partial charge in [0.05, 0.1) is 25.6 Å². The maximum Gasteiger partial charge on any atom is 0.246 e. The van der Waals surface area contributed by atoms with Gasteiger partial charge in [0.25, 0.3) is 0 Å². The molecule has 0 unspecified atom stereocenters. The summed E-state index contributed by atoms with van der Waals surface area (Å²) in [4.78, 5) is 16.6. The molecule has 0 aliphatic heterocycles. The highest BCUT2D eigenvalue weighted by molar-refractivity contribution is 7.92. The fourth-order valence-corrected chi connectivity index (χ4v) is 4.41. The fraction of sp³-hybridized carbons (Fsp3) is 0.400. The number of methoxy groups -OCH3 is 1. The van der Waals surface area contributed by atoms with Crippen LogP contribution in [-0.2, 0) is 26.8 Å². The van der Waals surface area contributed by atoms with Crippen molar-refractivity contribution in [2.24, 2.45) is 0 Å². The second-order valence-electron chi connectivity index (χ2n) is 9.25. The van der Waals surface area contributed by atoms with Gasteiger partial charge in [-0.2, -0.15) is 4.98 Å². The third-order valence-corrected chi connectivity index (χ3v) is 6.63. The van der Waals surface area contributed by atoms with Crippen LogP contribution in [0.3, 0.4) is 0 Å². The molecule has 0 radical (unpaired) electrons. The van der Waals surface area contributed by atoms with E-state index < -0.39 is 10.0 Å². The summed E-state index contributed by atoms with van der Waals surface area (Å²) in [7, 11) is -1.95. The fourth-order valence-electron chi connectivity index (χ4n) is 3.44. The van der Waals surface area contributed by atoms with Gasteiger partial charge in [0, 0.05) is 18.5 Å². The van der Waals surface area contributed by atoms with Crippen LogP contribution in [0.15, 0.2) is 53.1 Å². The normalized spacial score (nSPS) is 11.8. The van der Waals surface area contributed by atoms with Crippen molar-refractivity contribution in [2.75, 3.05) is 24.2 Å². The number of rotatable bonds is 10. The molecule has 10 heteroatoms. The zero-order valence-electron chi connectivity index (χ0n) is 20.7. The van der Waals surface area contributed by atoms with Crippen LogP contribution < -0.4 is 14.4 Å². The molecule has 35 heavy (non-hydrogen) atoms. The van der Waals surface area contributed by atoms with Crippen LogP contribution in [0.4, 0.5) is 5.69 Å². The van der Waals surface area contributed by atoms with E-state index in [0.717, 1.165) is 11.8 Å². The Morgan fingerprint density at radius 2 is 1.74 bits per heavy atom. The largest absolute Gasteiger partial charge is 0.497 e. The maximum absolute atomic E-state index is 12.3. The molecule has 0 saturated heterocycles. The van der Waals surface area contributed by atoms with Gasteiger partial charge in [0.1, 0.15) is 5.75 Å². The Bertz CT molecular complexity index is 1230. The minimum Gasteiger partial charge on any atom is -0.497 e. The van der Waals surface area contributed by atoms with Gasteiger partial charge in [0.15, 0.2) is 0 Å². The molecule has 0 atom stereocenters. The number of hydrogen-bond donors (Lipinski definition) is 1. The number of amides is 1. The molecule has 0 bridgehead atoms. The summed E-state index contributed by atoms with van der Waals surface area (Å²) in [6.45, 7) is 6.72. The minimum atomic E-state index is -3.50. The van der Waals surface area contributed by atoms with Gasteiger partial charge < -0.3 is 14.6 Å². The first kappa shape index (κ1) is 26.2. The highest BCUT2D eigenvalue weighted by atomic mass is 32.2. The molecule has 2 aromatic carbocycles. The smallest absolute Gasteiger partial charge is 0.246 e. The van der Waals surface area contributed by atoms with Crippen LogP contribution in [0, 0.1) is 0 Å².